The monoisotopic (exact) mass is 733 g/mol. The van der Waals surface area contributed by atoms with Gasteiger partial charge in [-0.05, 0) is 105 Å². The van der Waals surface area contributed by atoms with Crippen LogP contribution in [0.3, 0.4) is 0 Å². The quantitative estimate of drug-likeness (QED) is 0.155. The van der Waals surface area contributed by atoms with Crippen LogP contribution in [0.2, 0.25) is 0 Å². The van der Waals surface area contributed by atoms with Crippen molar-refractivity contribution in [3.63, 3.8) is 0 Å². The average molecular weight is 734 g/mol. The summed E-state index contributed by atoms with van der Waals surface area (Å²) in [5.74, 6) is -1.71. The van der Waals surface area contributed by atoms with Gasteiger partial charge in [0.1, 0.15) is 11.6 Å². The van der Waals surface area contributed by atoms with Gasteiger partial charge < -0.3 is 20.0 Å². The van der Waals surface area contributed by atoms with E-state index in [0.29, 0.717) is 24.1 Å². The van der Waals surface area contributed by atoms with Gasteiger partial charge in [0, 0.05) is 81.4 Å². The number of piperazine rings is 1. The zero-order chi connectivity index (χ0) is 38.3. The average Bonchev–Trinajstić information content (AvgIpc) is 3.36. The van der Waals surface area contributed by atoms with Crippen molar-refractivity contribution in [2.45, 2.75) is 38.5 Å². The highest BCUT2D eigenvalue weighted by Gasteiger charge is 2.24. The molecule has 2 saturated heterocycles. The number of carboxylic acids is 2. The number of anilines is 1. The minimum Gasteiger partial charge on any atom is -0.478 e. The van der Waals surface area contributed by atoms with E-state index < -0.39 is 11.9 Å². The molecule has 2 aliphatic heterocycles. The lowest BCUT2D eigenvalue weighted by atomic mass is 9.89. The van der Waals surface area contributed by atoms with Crippen LogP contribution in [0.25, 0.3) is 5.57 Å². The van der Waals surface area contributed by atoms with Gasteiger partial charge >= 0.3 is 11.9 Å². The highest BCUT2D eigenvalue weighted by Crippen LogP contribution is 2.37. The van der Waals surface area contributed by atoms with Crippen LogP contribution in [0.4, 0.5) is 10.2 Å². The number of nitrogens with zero attached hydrogens (tertiary/aromatic N) is 5. The van der Waals surface area contributed by atoms with Crippen LogP contribution in [0.5, 0.6) is 0 Å². The van der Waals surface area contributed by atoms with E-state index in [1.54, 1.807) is 17.7 Å². The SMILES string of the molecule is CN1CCC(=C2c3ccccc3CCc3cccnc32)CC1.O=C(CCCN1CCN(c2ccccn2)CC1)c1ccc(F)cc1.O=C(O)/C=C\C(=O)O. The van der Waals surface area contributed by atoms with Gasteiger partial charge in [-0.25, -0.2) is 19.0 Å². The third-order valence-corrected chi connectivity index (χ3v) is 9.78. The van der Waals surface area contributed by atoms with Crippen LogP contribution >= 0.6 is 0 Å². The zero-order valence-corrected chi connectivity index (χ0v) is 30.7. The molecule has 2 aromatic heterocycles. The molecule has 0 bridgehead atoms. The molecule has 4 aromatic rings. The molecule has 0 unspecified atom stereocenters. The summed E-state index contributed by atoms with van der Waals surface area (Å²) in [4.78, 5) is 47.5. The van der Waals surface area contributed by atoms with Gasteiger partial charge in [0.2, 0.25) is 0 Å². The topological polar surface area (TPSA) is 127 Å². The molecular weight excluding hydrogens is 686 g/mol. The zero-order valence-electron chi connectivity index (χ0n) is 30.7. The van der Waals surface area contributed by atoms with Crippen molar-refractivity contribution in [1.29, 1.82) is 0 Å². The maximum Gasteiger partial charge on any atom is 0.328 e. The van der Waals surface area contributed by atoms with Crippen LogP contribution in [0.15, 0.2) is 109 Å². The molecule has 3 aliphatic rings. The number of piperidine rings is 1. The third kappa shape index (κ3) is 11.7. The van der Waals surface area contributed by atoms with Crippen molar-refractivity contribution >= 4 is 29.1 Å². The third-order valence-electron chi connectivity index (χ3n) is 9.78. The number of aryl methyl sites for hydroxylation is 2. The molecule has 7 rings (SSSR count). The predicted molar refractivity (Wildman–Crippen MR) is 208 cm³/mol. The second-order valence-electron chi connectivity index (χ2n) is 13.5. The number of likely N-dealkylation sites (tertiary alicyclic amines) is 1. The molecule has 0 spiro atoms. The summed E-state index contributed by atoms with van der Waals surface area (Å²) in [5, 5.41) is 15.6. The van der Waals surface area contributed by atoms with E-state index in [0.717, 1.165) is 83.7 Å². The number of carbonyl (C=O) groups excluding carboxylic acids is 1. The lowest BCUT2D eigenvalue weighted by Crippen LogP contribution is -2.46. The first-order valence-electron chi connectivity index (χ1n) is 18.4. The summed E-state index contributed by atoms with van der Waals surface area (Å²) < 4.78 is 12.9. The fraction of sp³-hybridized carbons (Fsp3) is 0.326. The van der Waals surface area contributed by atoms with Gasteiger partial charge in [0.05, 0.1) is 5.69 Å². The van der Waals surface area contributed by atoms with Crippen molar-refractivity contribution < 1.29 is 29.0 Å². The Kier molecular flexibility index (Phi) is 14.8. The second kappa shape index (κ2) is 20.1. The lowest BCUT2D eigenvalue weighted by molar-refractivity contribution is -0.134. The minimum atomic E-state index is -1.26. The van der Waals surface area contributed by atoms with Gasteiger partial charge in [-0.1, -0.05) is 42.0 Å². The molecule has 282 valence electrons. The Hall–Kier alpha value is -5.52. The number of hydrogen-bond donors (Lipinski definition) is 2. The fourth-order valence-corrected chi connectivity index (χ4v) is 6.87. The Morgan fingerprint density at radius 1 is 0.722 bits per heavy atom. The van der Waals surface area contributed by atoms with Crippen molar-refractivity contribution in [3.05, 3.63) is 143 Å². The number of aromatic nitrogens is 2. The first kappa shape index (κ1) is 39.7. The minimum absolute atomic E-state index is 0.0853. The summed E-state index contributed by atoms with van der Waals surface area (Å²) in [7, 11) is 2.22. The van der Waals surface area contributed by atoms with Crippen LogP contribution in [0.1, 0.15) is 58.4 Å². The Morgan fingerprint density at radius 2 is 1.35 bits per heavy atom. The standard InChI is InChI=1S/C20H22N2.C19H22FN3O.C4H4O4/c1-22-13-10-16(11-14-22)19-18-7-3-2-5-15(18)8-9-17-6-4-12-21-20(17)19;20-17-8-6-16(7-9-17)18(24)4-3-11-22-12-14-23(15-13-22)19-5-1-2-10-21-19;5-3(6)1-2-4(7)8/h2-7,12H,8-11,13-14H2,1H3;1-2,5-10H,3-4,11-15H2;1-2H,(H,5,6)(H,7,8)/b;;2-1-. The summed E-state index contributed by atoms with van der Waals surface area (Å²) in [5.41, 5.74) is 9.13. The van der Waals surface area contributed by atoms with Gasteiger partial charge in [0.25, 0.3) is 0 Å². The molecule has 2 N–H and O–H groups in total. The van der Waals surface area contributed by atoms with Gasteiger partial charge in [0.15, 0.2) is 5.78 Å². The maximum atomic E-state index is 12.9. The molecule has 0 amide bonds. The molecule has 0 saturated carbocycles. The molecule has 4 heterocycles. The molecule has 2 fully saturated rings. The molecule has 1 aliphatic carbocycles. The van der Waals surface area contributed by atoms with Crippen LogP contribution in [-0.2, 0) is 22.4 Å². The van der Waals surface area contributed by atoms with Crippen LogP contribution in [-0.4, -0.2) is 101 Å². The number of benzene rings is 2. The molecule has 0 atom stereocenters. The maximum absolute atomic E-state index is 12.9. The number of carboxylic acid groups (broad SMARTS) is 2. The molecule has 10 nitrogen and oxygen atoms in total. The molecule has 54 heavy (non-hydrogen) atoms. The van der Waals surface area contributed by atoms with Crippen molar-refractivity contribution in [2.75, 3.05) is 57.8 Å². The normalized spacial score (nSPS) is 15.9. The molecule has 2 aromatic carbocycles. The van der Waals surface area contributed by atoms with E-state index in [2.05, 4.69) is 63.1 Å². The number of Topliss-reactive ketones (excluding diaryl/α,β-unsaturated/α-hetero) is 1. The Bertz CT molecular complexity index is 1850. The number of fused-ring (bicyclic) bond motifs is 2. The number of aliphatic carboxylic acids is 2. The van der Waals surface area contributed by atoms with E-state index in [4.69, 9.17) is 15.2 Å². The van der Waals surface area contributed by atoms with Crippen molar-refractivity contribution in [3.8, 4) is 0 Å². The van der Waals surface area contributed by atoms with Crippen LogP contribution in [0, 0.1) is 5.82 Å². The number of ketones is 1. The molecule has 0 radical (unpaired) electrons. The Labute approximate surface area is 316 Å². The number of pyridine rings is 2. The van der Waals surface area contributed by atoms with Crippen LogP contribution < -0.4 is 4.90 Å². The van der Waals surface area contributed by atoms with Gasteiger partial charge in [-0.3, -0.25) is 14.7 Å². The number of rotatable bonds is 8. The second-order valence-corrected chi connectivity index (χ2v) is 13.5. The largest absolute Gasteiger partial charge is 0.478 e. The van der Waals surface area contributed by atoms with Crippen molar-refractivity contribution in [2.24, 2.45) is 0 Å². The molecule has 11 heteroatoms. The highest BCUT2D eigenvalue weighted by atomic mass is 19.1. The van der Waals surface area contributed by atoms with Gasteiger partial charge in [-0.2, -0.15) is 0 Å². The smallest absolute Gasteiger partial charge is 0.328 e. The highest BCUT2D eigenvalue weighted by molar-refractivity contribution is 5.96. The predicted octanol–water partition coefficient (Wildman–Crippen LogP) is 6.43. The van der Waals surface area contributed by atoms with E-state index in [-0.39, 0.29) is 11.6 Å². The van der Waals surface area contributed by atoms with E-state index >= 15 is 0 Å². The fourth-order valence-electron chi connectivity index (χ4n) is 6.87. The summed E-state index contributed by atoms with van der Waals surface area (Å²) >= 11 is 0. The Morgan fingerprint density at radius 3 is 2.02 bits per heavy atom. The first-order chi connectivity index (χ1) is 26.2. The number of carbonyl (C=O) groups is 3. The molecular formula is C43H48FN5O5. The summed E-state index contributed by atoms with van der Waals surface area (Å²) in [6, 6.07) is 25.0. The first-order valence-corrected chi connectivity index (χ1v) is 18.4. The van der Waals surface area contributed by atoms with E-state index in [1.807, 2.05) is 30.6 Å². The van der Waals surface area contributed by atoms with E-state index in [1.165, 1.54) is 40.1 Å². The summed E-state index contributed by atoms with van der Waals surface area (Å²) in [6.45, 7) is 7.13. The Balaban J connectivity index is 0.000000174. The number of hydrogen-bond acceptors (Lipinski definition) is 8. The summed E-state index contributed by atoms with van der Waals surface area (Å²) in [6.07, 6.45) is 10.8. The lowest BCUT2D eigenvalue weighted by Gasteiger charge is -2.35. The van der Waals surface area contributed by atoms with E-state index in [9.17, 15) is 18.8 Å². The van der Waals surface area contributed by atoms with Gasteiger partial charge in [-0.15, -0.1) is 0 Å². The number of halogens is 1. The van der Waals surface area contributed by atoms with Crippen molar-refractivity contribution in [1.82, 2.24) is 19.8 Å².